The van der Waals surface area contributed by atoms with Crippen LogP contribution in [0.15, 0.2) is 0 Å². The fourth-order valence-electron chi connectivity index (χ4n) is 0.560. The van der Waals surface area contributed by atoms with Crippen LogP contribution in [0.3, 0.4) is 0 Å². The summed E-state index contributed by atoms with van der Waals surface area (Å²) in [5.74, 6) is -1.58. The Bertz CT molecular complexity index is 157. The highest BCUT2D eigenvalue weighted by atomic mass is 16.5. The number of rotatable bonds is 4. The average Bonchev–Trinajstić information content (AvgIpc) is 1.85. The summed E-state index contributed by atoms with van der Waals surface area (Å²) in [6, 6.07) is 0. The van der Waals surface area contributed by atoms with Gasteiger partial charge < -0.3 is 15.6 Å². The molecule has 0 heterocycles. The lowest BCUT2D eigenvalue weighted by molar-refractivity contribution is -0.150. The standard InChI is InChI=1S/C6H11NO4/c1-4(2-5(8)9)11-6(10)3-7/h4H,2-3,7H2,1H3,(H,8,9). The summed E-state index contributed by atoms with van der Waals surface area (Å²) >= 11 is 0. The van der Waals surface area contributed by atoms with Gasteiger partial charge in [0, 0.05) is 0 Å². The molecule has 0 radical (unpaired) electrons. The molecule has 0 spiro atoms. The second-order valence-electron chi connectivity index (χ2n) is 2.10. The van der Waals surface area contributed by atoms with Crippen LogP contribution in [0.5, 0.6) is 0 Å². The van der Waals surface area contributed by atoms with Crippen molar-refractivity contribution in [2.45, 2.75) is 19.4 Å². The van der Waals surface area contributed by atoms with Crippen molar-refractivity contribution in [2.75, 3.05) is 6.54 Å². The topological polar surface area (TPSA) is 89.6 Å². The summed E-state index contributed by atoms with van der Waals surface area (Å²) < 4.78 is 4.57. The Kier molecular flexibility index (Phi) is 4.21. The molecule has 0 aliphatic heterocycles. The Labute approximate surface area is 64.1 Å². The molecule has 0 rings (SSSR count). The van der Waals surface area contributed by atoms with Crippen LogP contribution in [0.4, 0.5) is 0 Å². The highest BCUT2D eigenvalue weighted by Crippen LogP contribution is 1.96. The van der Waals surface area contributed by atoms with Crippen molar-refractivity contribution in [3.05, 3.63) is 0 Å². The Morgan fingerprint density at radius 1 is 1.64 bits per heavy atom. The number of esters is 1. The largest absolute Gasteiger partial charge is 0.481 e. The van der Waals surface area contributed by atoms with E-state index in [-0.39, 0.29) is 13.0 Å². The maximum absolute atomic E-state index is 10.5. The van der Waals surface area contributed by atoms with Crippen molar-refractivity contribution < 1.29 is 19.4 Å². The maximum Gasteiger partial charge on any atom is 0.319 e. The summed E-state index contributed by atoms with van der Waals surface area (Å²) in [6.45, 7) is 1.28. The van der Waals surface area contributed by atoms with E-state index in [9.17, 15) is 9.59 Å². The molecule has 0 aliphatic carbocycles. The van der Waals surface area contributed by atoms with E-state index in [0.717, 1.165) is 0 Å². The number of carboxylic acids is 1. The van der Waals surface area contributed by atoms with Gasteiger partial charge in [0.05, 0.1) is 13.0 Å². The molecule has 0 saturated carbocycles. The first kappa shape index (κ1) is 9.90. The van der Waals surface area contributed by atoms with Gasteiger partial charge in [-0.1, -0.05) is 0 Å². The van der Waals surface area contributed by atoms with Crippen LogP contribution >= 0.6 is 0 Å². The molecule has 1 unspecified atom stereocenters. The molecule has 0 fully saturated rings. The fourth-order valence-corrected chi connectivity index (χ4v) is 0.560. The monoisotopic (exact) mass is 161 g/mol. The summed E-state index contributed by atoms with van der Waals surface area (Å²) in [6.07, 6.45) is -0.797. The Hall–Kier alpha value is -1.10. The van der Waals surface area contributed by atoms with Crippen LogP contribution in [0, 0.1) is 0 Å². The first-order valence-electron chi connectivity index (χ1n) is 3.17. The molecule has 0 amide bonds. The molecule has 0 aromatic rings. The van der Waals surface area contributed by atoms with E-state index in [1.165, 1.54) is 6.92 Å². The Morgan fingerprint density at radius 3 is 2.55 bits per heavy atom. The van der Waals surface area contributed by atoms with Crippen LogP contribution in [0.25, 0.3) is 0 Å². The van der Waals surface area contributed by atoms with Crippen LogP contribution < -0.4 is 5.73 Å². The van der Waals surface area contributed by atoms with Gasteiger partial charge in [0.1, 0.15) is 6.10 Å². The van der Waals surface area contributed by atoms with Gasteiger partial charge in [-0.3, -0.25) is 9.59 Å². The minimum Gasteiger partial charge on any atom is -0.481 e. The lowest BCUT2D eigenvalue weighted by Gasteiger charge is -2.08. The van der Waals surface area contributed by atoms with Crippen molar-refractivity contribution in [3.63, 3.8) is 0 Å². The van der Waals surface area contributed by atoms with E-state index in [4.69, 9.17) is 10.8 Å². The fraction of sp³-hybridized carbons (Fsp3) is 0.667. The van der Waals surface area contributed by atoms with E-state index >= 15 is 0 Å². The minimum atomic E-state index is -0.998. The van der Waals surface area contributed by atoms with Crippen LogP contribution in [0.2, 0.25) is 0 Å². The molecular weight excluding hydrogens is 150 g/mol. The number of aliphatic carboxylic acids is 1. The quantitative estimate of drug-likeness (QED) is 0.535. The van der Waals surface area contributed by atoms with Gasteiger partial charge in [-0.15, -0.1) is 0 Å². The molecule has 5 heteroatoms. The zero-order chi connectivity index (χ0) is 8.85. The predicted molar refractivity (Wildman–Crippen MR) is 36.9 cm³/mol. The third-order valence-electron chi connectivity index (χ3n) is 0.961. The number of carboxylic acid groups (broad SMARTS) is 1. The molecule has 64 valence electrons. The van der Waals surface area contributed by atoms with Crippen molar-refractivity contribution in [3.8, 4) is 0 Å². The number of carbonyl (C=O) groups is 2. The van der Waals surface area contributed by atoms with Crippen molar-refractivity contribution in [1.29, 1.82) is 0 Å². The molecule has 5 nitrogen and oxygen atoms in total. The first-order valence-corrected chi connectivity index (χ1v) is 3.17. The molecule has 0 aliphatic rings. The van der Waals surface area contributed by atoms with Crippen LogP contribution in [-0.2, 0) is 14.3 Å². The van der Waals surface area contributed by atoms with Crippen LogP contribution in [-0.4, -0.2) is 29.7 Å². The highest BCUT2D eigenvalue weighted by Gasteiger charge is 2.10. The summed E-state index contributed by atoms with van der Waals surface area (Å²) in [4.78, 5) is 20.5. The molecular formula is C6H11NO4. The zero-order valence-electron chi connectivity index (χ0n) is 6.24. The normalized spacial score (nSPS) is 12.2. The Morgan fingerprint density at radius 2 is 2.18 bits per heavy atom. The van der Waals surface area contributed by atoms with E-state index in [1.807, 2.05) is 0 Å². The molecule has 0 aromatic heterocycles. The second-order valence-corrected chi connectivity index (χ2v) is 2.10. The molecule has 1 atom stereocenters. The van der Waals surface area contributed by atoms with E-state index in [1.54, 1.807) is 0 Å². The molecule has 0 aromatic carbocycles. The summed E-state index contributed by atoms with van der Waals surface area (Å²) in [5.41, 5.74) is 4.93. The number of nitrogens with two attached hydrogens (primary N) is 1. The van der Waals surface area contributed by atoms with Gasteiger partial charge in [-0.05, 0) is 6.92 Å². The average molecular weight is 161 g/mol. The molecule has 3 N–H and O–H groups in total. The summed E-state index contributed by atoms with van der Waals surface area (Å²) in [7, 11) is 0. The van der Waals surface area contributed by atoms with Gasteiger partial charge >= 0.3 is 11.9 Å². The molecule has 11 heavy (non-hydrogen) atoms. The zero-order valence-corrected chi connectivity index (χ0v) is 6.24. The number of carbonyl (C=O) groups excluding carboxylic acids is 1. The SMILES string of the molecule is CC(CC(=O)O)OC(=O)CN. The van der Waals surface area contributed by atoms with Crippen molar-refractivity contribution in [1.82, 2.24) is 0 Å². The lowest BCUT2D eigenvalue weighted by Crippen LogP contribution is -2.23. The smallest absolute Gasteiger partial charge is 0.319 e. The van der Waals surface area contributed by atoms with E-state index < -0.39 is 18.0 Å². The maximum atomic E-state index is 10.5. The van der Waals surface area contributed by atoms with Gasteiger partial charge in [-0.2, -0.15) is 0 Å². The summed E-state index contributed by atoms with van der Waals surface area (Å²) in [5, 5.41) is 8.25. The van der Waals surface area contributed by atoms with Gasteiger partial charge in [0.25, 0.3) is 0 Å². The number of hydrogen-bond acceptors (Lipinski definition) is 4. The van der Waals surface area contributed by atoms with Crippen molar-refractivity contribution in [2.24, 2.45) is 5.73 Å². The molecule has 0 bridgehead atoms. The third-order valence-corrected chi connectivity index (χ3v) is 0.961. The first-order chi connectivity index (χ1) is 5.06. The van der Waals surface area contributed by atoms with Gasteiger partial charge in [-0.25, -0.2) is 0 Å². The predicted octanol–water partition coefficient (Wildman–Crippen LogP) is -0.648. The lowest BCUT2D eigenvalue weighted by atomic mass is 10.3. The molecule has 0 saturated heterocycles. The van der Waals surface area contributed by atoms with Crippen LogP contribution in [0.1, 0.15) is 13.3 Å². The van der Waals surface area contributed by atoms with E-state index in [2.05, 4.69) is 4.74 Å². The minimum absolute atomic E-state index is 0.189. The highest BCUT2D eigenvalue weighted by molar-refractivity contribution is 5.72. The second kappa shape index (κ2) is 4.68. The Balaban J connectivity index is 3.60. The van der Waals surface area contributed by atoms with Crippen molar-refractivity contribution >= 4 is 11.9 Å². The number of hydrogen-bond donors (Lipinski definition) is 2. The number of ether oxygens (including phenoxy) is 1. The van der Waals surface area contributed by atoms with Gasteiger partial charge in [0.15, 0.2) is 0 Å². The van der Waals surface area contributed by atoms with E-state index in [0.29, 0.717) is 0 Å². The third kappa shape index (κ3) is 5.35. The van der Waals surface area contributed by atoms with Gasteiger partial charge in [0.2, 0.25) is 0 Å².